The molecule has 0 aromatic heterocycles. The van der Waals surface area contributed by atoms with Gasteiger partial charge in [0.15, 0.2) is 0 Å². The van der Waals surface area contributed by atoms with Gasteiger partial charge in [0.1, 0.15) is 0 Å². The van der Waals surface area contributed by atoms with Crippen molar-refractivity contribution in [3.63, 3.8) is 0 Å². The van der Waals surface area contributed by atoms with Gasteiger partial charge in [0.25, 0.3) is 0 Å². The van der Waals surface area contributed by atoms with E-state index in [0.717, 1.165) is 58.2 Å². The SMILES string of the molecule is CCN(CC)c1ccc(NC(=O)CNCCN2CCOCC2)cc1. The summed E-state index contributed by atoms with van der Waals surface area (Å²) in [6, 6.07) is 8.02. The van der Waals surface area contributed by atoms with Crippen LogP contribution in [0.1, 0.15) is 13.8 Å². The number of nitrogens with zero attached hydrogens (tertiary/aromatic N) is 2. The quantitative estimate of drug-likeness (QED) is 0.669. The number of benzene rings is 1. The molecule has 2 rings (SSSR count). The Morgan fingerprint density at radius 1 is 1.17 bits per heavy atom. The van der Waals surface area contributed by atoms with Crippen molar-refractivity contribution < 1.29 is 9.53 Å². The average molecular weight is 334 g/mol. The van der Waals surface area contributed by atoms with Gasteiger partial charge in [-0.3, -0.25) is 9.69 Å². The third-order valence-corrected chi connectivity index (χ3v) is 4.27. The van der Waals surface area contributed by atoms with E-state index >= 15 is 0 Å². The number of nitrogens with one attached hydrogen (secondary N) is 2. The molecular weight excluding hydrogens is 304 g/mol. The Balaban J connectivity index is 1.66. The zero-order chi connectivity index (χ0) is 17.2. The highest BCUT2D eigenvalue weighted by Crippen LogP contribution is 2.17. The molecule has 24 heavy (non-hydrogen) atoms. The lowest BCUT2D eigenvalue weighted by atomic mass is 10.2. The summed E-state index contributed by atoms with van der Waals surface area (Å²) >= 11 is 0. The van der Waals surface area contributed by atoms with Crippen LogP contribution in [0.25, 0.3) is 0 Å². The van der Waals surface area contributed by atoms with Gasteiger partial charge in [-0.2, -0.15) is 0 Å². The topological polar surface area (TPSA) is 56.8 Å². The summed E-state index contributed by atoms with van der Waals surface area (Å²) in [5, 5.41) is 6.13. The van der Waals surface area contributed by atoms with Crippen LogP contribution in [-0.4, -0.2) is 69.8 Å². The van der Waals surface area contributed by atoms with E-state index in [0.29, 0.717) is 6.54 Å². The van der Waals surface area contributed by atoms with Crippen molar-refractivity contribution in [1.29, 1.82) is 0 Å². The van der Waals surface area contributed by atoms with Crippen molar-refractivity contribution >= 4 is 17.3 Å². The summed E-state index contributed by atoms with van der Waals surface area (Å²) in [5.74, 6) is -0.00688. The maximum atomic E-state index is 12.0. The Labute approximate surface area is 145 Å². The molecule has 0 bridgehead atoms. The van der Waals surface area contributed by atoms with Gasteiger partial charge in [-0.05, 0) is 38.1 Å². The summed E-state index contributed by atoms with van der Waals surface area (Å²) < 4.78 is 5.32. The maximum Gasteiger partial charge on any atom is 0.238 e. The number of carbonyl (C=O) groups is 1. The van der Waals surface area contributed by atoms with Crippen LogP contribution in [0.2, 0.25) is 0 Å². The van der Waals surface area contributed by atoms with Crippen molar-refractivity contribution in [2.45, 2.75) is 13.8 Å². The third-order valence-electron chi connectivity index (χ3n) is 4.27. The normalized spacial score (nSPS) is 15.2. The van der Waals surface area contributed by atoms with Crippen LogP contribution < -0.4 is 15.5 Å². The average Bonchev–Trinajstić information content (AvgIpc) is 2.62. The summed E-state index contributed by atoms with van der Waals surface area (Å²) in [7, 11) is 0. The first-order valence-electron chi connectivity index (χ1n) is 8.88. The molecule has 1 aliphatic rings. The molecule has 1 amide bonds. The Bertz CT molecular complexity index is 482. The van der Waals surface area contributed by atoms with E-state index in [1.54, 1.807) is 0 Å². The predicted octanol–water partition coefficient (Wildman–Crippen LogP) is 1.39. The van der Waals surface area contributed by atoms with Crippen LogP contribution in [0.15, 0.2) is 24.3 Å². The van der Waals surface area contributed by atoms with E-state index in [1.807, 2.05) is 12.1 Å². The van der Waals surface area contributed by atoms with E-state index in [-0.39, 0.29) is 5.91 Å². The molecule has 6 nitrogen and oxygen atoms in total. The second kappa shape index (κ2) is 10.3. The van der Waals surface area contributed by atoms with Crippen LogP contribution in [0, 0.1) is 0 Å². The summed E-state index contributed by atoms with van der Waals surface area (Å²) in [6.07, 6.45) is 0. The molecule has 2 N–H and O–H groups in total. The van der Waals surface area contributed by atoms with Gasteiger partial charge in [-0.1, -0.05) is 0 Å². The largest absolute Gasteiger partial charge is 0.379 e. The minimum Gasteiger partial charge on any atom is -0.379 e. The fourth-order valence-corrected chi connectivity index (χ4v) is 2.81. The number of morpholine rings is 1. The molecule has 1 fully saturated rings. The minimum absolute atomic E-state index is 0.00688. The summed E-state index contributed by atoms with van der Waals surface area (Å²) in [4.78, 5) is 16.6. The van der Waals surface area contributed by atoms with Gasteiger partial charge in [0.2, 0.25) is 5.91 Å². The van der Waals surface area contributed by atoms with E-state index in [9.17, 15) is 4.79 Å². The standard InChI is InChI=1S/C18H30N4O2/c1-3-22(4-2)17-7-5-16(6-8-17)20-18(23)15-19-9-10-21-11-13-24-14-12-21/h5-8,19H,3-4,9-15H2,1-2H3,(H,20,23). The molecule has 1 heterocycles. The Morgan fingerprint density at radius 2 is 1.83 bits per heavy atom. The molecule has 0 radical (unpaired) electrons. The highest BCUT2D eigenvalue weighted by Gasteiger charge is 2.09. The van der Waals surface area contributed by atoms with Crippen molar-refractivity contribution in [3.8, 4) is 0 Å². The third kappa shape index (κ3) is 6.11. The van der Waals surface area contributed by atoms with Gasteiger partial charge < -0.3 is 20.3 Å². The highest BCUT2D eigenvalue weighted by molar-refractivity contribution is 5.92. The Morgan fingerprint density at radius 3 is 2.46 bits per heavy atom. The minimum atomic E-state index is -0.00688. The lowest BCUT2D eigenvalue weighted by Crippen LogP contribution is -2.41. The van der Waals surface area contributed by atoms with Crippen molar-refractivity contribution in [1.82, 2.24) is 10.2 Å². The molecule has 134 valence electrons. The van der Waals surface area contributed by atoms with Gasteiger partial charge in [0, 0.05) is 50.6 Å². The molecular formula is C18H30N4O2. The van der Waals surface area contributed by atoms with Gasteiger partial charge in [-0.25, -0.2) is 0 Å². The molecule has 1 aromatic rings. The van der Waals surface area contributed by atoms with Gasteiger partial charge in [-0.15, -0.1) is 0 Å². The summed E-state index contributed by atoms with van der Waals surface area (Å²) in [5.41, 5.74) is 2.02. The van der Waals surface area contributed by atoms with Crippen LogP contribution in [-0.2, 0) is 9.53 Å². The lowest BCUT2D eigenvalue weighted by molar-refractivity contribution is -0.115. The second-order valence-corrected chi connectivity index (χ2v) is 5.90. The van der Waals surface area contributed by atoms with Crippen molar-refractivity contribution in [3.05, 3.63) is 24.3 Å². The number of hydrogen-bond acceptors (Lipinski definition) is 5. The zero-order valence-electron chi connectivity index (χ0n) is 14.9. The highest BCUT2D eigenvalue weighted by atomic mass is 16.5. The number of hydrogen-bond donors (Lipinski definition) is 2. The molecule has 0 unspecified atom stereocenters. The molecule has 1 aliphatic heterocycles. The lowest BCUT2D eigenvalue weighted by Gasteiger charge is -2.26. The first-order valence-corrected chi connectivity index (χ1v) is 8.88. The summed E-state index contributed by atoms with van der Waals surface area (Å²) in [6.45, 7) is 11.9. The zero-order valence-corrected chi connectivity index (χ0v) is 14.9. The molecule has 0 aliphatic carbocycles. The number of rotatable bonds is 9. The monoisotopic (exact) mass is 334 g/mol. The van der Waals surface area contributed by atoms with Crippen LogP contribution in [0.3, 0.4) is 0 Å². The number of ether oxygens (including phenoxy) is 1. The fraction of sp³-hybridized carbons (Fsp3) is 0.611. The van der Waals surface area contributed by atoms with Crippen LogP contribution in [0.5, 0.6) is 0 Å². The van der Waals surface area contributed by atoms with E-state index < -0.39 is 0 Å². The Kier molecular flexibility index (Phi) is 8.01. The van der Waals surface area contributed by atoms with E-state index in [2.05, 4.69) is 46.4 Å². The second-order valence-electron chi connectivity index (χ2n) is 5.90. The first-order chi connectivity index (χ1) is 11.7. The molecule has 6 heteroatoms. The Hall–Kier alpha value is -1.63. The van der Waals surface area contributed by atoms with Crippen LogP contribution >= 0.6 is 0 Å². The number of amides is 1. The van der Waals surface area contributed by atoms with Crippen molar-refractivity contribution in [2.75, 3.05) is 69.2 Å². The molecule has 1 aromatic carbocycles. The fourth-order valence-electron chi connectivity index (χ4n) is 2.81. The van der Waals surface area contributed by atoms with Gasteiger partial charge >= 0.3 is 0 Å². The van der Waals surface area contributed by atoms with Gasteiger partial charge in [0.05, 0.1) is 19.8 Å². The first kappa shape index (κ1) is 18.7. The predicted molar refractivity (Wildman–Crippen MR) is 98.8 cm³/mol. The molecule has 0 atom stereocenters. The number of carbonyl (C=O) groups excluding carboxylic acids is 1. The maximum absolute atomic E-state index is 12.0. The molecule has 0 spiro atoms. The smallest absolute Gasteiger partial charge is 0.238 e. The number of anilines is 2. The van der Waals surface area contributed by atoms with Crippen molar-refractivity contribution in [2.24, 2.45) is 0 Å². The van der Waals surface area contributed by atoms with Crippen LogP contribution in [0.4, 0.5) is 11.4 Å². The molecule has 1 saturated heterocycles. The van der Waals surface area contributed by atoms with E-state index in [4.69, 9.17) is 4.74 Å². The molecule has 0 saturated carbocycles. The van der Waals surface area contributed by atoms with E-state index in [1.165, 1.54) is 5.69 Å².